The Balaban J connectivity index is 4.50. The van der Waals surface area contributed by atoms with Crippen LogP contribution < -0.4 is 5.73 Å². The molecule has 3 N–H and O–H groups in total. The Morgan fingerprint density at radius 3 is 2.29 bits per heavy atom. The molecule has 1 unspecified atom stereocenters. The Kier molecular flexibility index (Phi) is 4.34. The fraction of sp³-hybridized carbons (Fsp3) is 0.857. The predicted molar refractivity (Wildman–Crippen MR) is 41.7 cm³/mol. The first-order valence-electron chi connectivity index (χ1n) is 3.83. The molecule has 0 aromatic heterocycles. The summed E-state index contributed by atoms with van der Waals surface area (Å²) in [6.45, 7) is 0.0440. The zero-order chi connectivity index (χ0) is 11.4. The summed E-state index contributed by atoms with van der Waals surface area (Å²) in [5.41, 5.74) is 1.60. The van der Waals surface area contributed by atoms with E-state index in [1.165, 1.54) is 7.11 Å². The summed E-state index contributed by atoms with van der Waals surface area (Å²) in [5, 5.41) is 8.38. The van der Waals surface area contributed by atoms with Gasteiger partial charge < -0.3 is 15.6 Å². The molecule has 0 aliphatic carbocycles. The Morgan fingerprint density at radius 1 is 1.50 bits per heavy atom. The van der Waals surface area contributed by atoms with Crippen LogP contribution in [0.5, 0.6) is 0 Å². The van der Waals surface area contributed by atoms with Crippen molar-refractivity contribution in [2.45, 2.75) is 24.6 Å². The maximum atomic E-state index is 12.2. The number of hydrogen-bond donors (Lipinski definition) is 2. The van der Waals surface area contributed by atoms with Gasteiger partial charge in [0.2, 0.25) is 5.54 Å². The van der Waals surface area contributed by atoms with Gasteiger partial charge in [-0.25, -0.2) is 4.79 Å². The van der Waals surface area contributed by atoms with E-state index in [1.807, 2.05) is 0 Å². The second-order valence-electron chi connectivity index (χ2n) is 2.87. The summed E-state index contributed by atoms with van der Waals surface area (Å²) in [4.78, 5) is 10.4. The van der Waals surface area contributed by atoms with E-state index in [0.29, 0.717) is 0 Å². The van der Waals surface area contributed by atoms with Gasteiger partial charge in [-0.3, -0.25) is 0 Å². The average molecular weight is 215 g/mol. The second-order valence-corrected chi connectivity index (χ2v) is 2.87. The Labute approximate surface area is 78.8 Å². The number of carbonyl (C=O) groups is 1. The summed E-state index contributed by atoms with van der Waals surface area (Å²) in [5.74, 6) is -2.07. The number of halogens is 3. The fourth-order valence-corrected chi connectivity index (χ4v) is 0.865. The number of carboxylic acid groups (broad SMARTS) is 1. The first-order valence-corrected chi connectivity index (χ1v) is 3.83. The van der Waals surface area contributed by atoms with E-state index >= 15 is 0 Å². The highest BCUT2D eigenvalue weighted by Crippen LogP contribution is 2.32. The van der Waals surface area contributed by atoms with Crippen molar-refractivity contribution in [1.82, 2.24) is 0 Å². The quantitative estimate of drug-likeness (QED) is 0.664. The number of hydrogen-bond acceptors (Lipinski definition) is 3. The topological polar surface area (TPSA) is 72.5 Å². The van der Waals surface area contributed by atoms with E-state index in [-0.39, 0.29) is 13.0 Å². The first-order chi connectivity index (χ1) is 6.25. The molecular weight excluding hydrogens is 203 g/mol. The van der Waals surface area contributed by atoms with Gasteiger partial charge >= 0.3 is 12.1 Å². The van der Waals surface area contributed by atoms with Crippen molar-refractivity contribution < 1.29 is 27.8 Å². The summed E-state index contributed by atoms with van der Waals surface area (Å²) in [6.07, 6.45) is -5.70. The van der Waals surface area contributed by atoms with E-state index in [1.54, 1.807) is 0 Å². The third kappa shape index (κ3) is 2.85. The zero-order valence-corrected chi connectivity index (χ0v) is 7.60. The van der Waals surface area contributed by atoms with E-state index in [0.717, 1.165) is 0 Å². The molecule has 0 aromatic carbocycles. The molecule has 0 aliphatic heterocycles. The molecule has 0 heterocycles. The van der Waals surface area contributed by atoms with E-state index in [9.17, 15) is 18.0 Å². The smallest absolute Gasteiger partial charge is 0.417 e. The van der Waals surface area contributed by atoms with Gasteiger partial charge in [0, 0.05) is 13.7 Å². The normalized spacial score (nSPS) is 16.4. The molecule has 0 radical (unpaired) electrons. The third-order valence-corrected chi connectivity index (χ3v) is 1.81. The molecule has 0 bridgehead atoms. The van der Waals surface area contributed by atoms with Crippen LogP contribution in [0.3, 0.4) is 0 Å². The van der Waals surface area contributed by atoms with Crippen LogP contribution in [0.4, 0.5) is 13.2 Å². The van der Waals surface area contributed by atoms with Crippen molar-refractivity contribution in [2.24, 2.45) is 5.73 Å². The molecular formula is C7H12F3NO3. The van der Waals surface area contributed by atoms with Crippen LogP contribution in [0.25, 0.3) is 0 Å². The highest BCUT2D eigenvalue weighted by atomic mass is 19.4. The van der Waals surface area contributed by atoms with Crippen LogP contribution in [-0.4, -0.2) is 36.5 Å². The average Bonchev–Trinajstić information content (AvgIpc) is 2.02. The standard InChI is InChI=1S/C7H12F3NO3/c1-14-4-2-3-6(11,5(12)13)7(8,9)10/h2-4,11H2,1H3,(H,12,13). The number of alkyl halides is 3. The molecule has 0 aromatic rings. The molecule has 84 valence electrons. The van der Waals surface area contributed by atoms with Gasteiger partial charge in [0.15, 0.2) is 0 Å². The van der Waals surface area contributed by atoms with Crippen LogP contribution in [0, 0.1) is 0 Å². The molecule has 4 nitrogen and oxygen atoms in total. The number of methoxy groups -OCH3 is 1. The minimum absolute atomic E-state index is 0.0440. The van der Waals surface area contributed by atoms with Crippen molar-refractivity contribution in [3.63, 3.8) is 0 Å². The molecule has 0 aliphatic rings. The maximum Gasteiger partial charge on any atom is 0.417 e. The number of carboxylic acids is 1. The molecule has 14 heavy (non-hydrogen) atoms. The number of ether oxygens (including phenoxy) is 1. The largest absolute Gasteiger partial charge is 0.480 e. The molecule has 0 spiro atoms. The van der Waals surface area contributed by atoms with Gasteiger partial charge in [0.1, 0.15) is 0 Å². The van der Waals surface area contributed by atoms with Gasteiger partial charge in [-0.2, -0.15) is 13.2 Å². The molecule has 7 heteroatoms. The van der Waals surface area contributed by atoms with Gasteiger partial charge in [0.25, 0.3) is 0 Å². The lowest BCUT2D eigenvalue weighted by atomic mass is 9.94. The minimum atomic E-state index is -4.95. The van der Waals surface area contributed by atoms with Crippen LogP contribution >= 0.6 is 0 Å². The summed E-state index contributed by atoms with van der Waals surface area (Å²) in [6, 6.07) is 0. The van der Waals surface area contributed by atoms with Crippen LogP contribution in [0.2, 0.25) is 0 Å². The predicted octanol–water partition coefficient (Wildman–Crippen LogP) is 0.757. The first kappa shape index (κ1) is 13.2. The molecule has 0 amide bonds. The van der Waals surface area contributed by atoms with Gasteiger partial charge in [0.05, 0.1) is 0 Å². The van der Waals surface area contributed by atoms with Crippen molar-refractivity contribution in [3.05, 3.63) is 0 Å². The van der Waals surface area contributed by atoms with Crippen molar-refractivity contribution in [1.29, 1.82) is 0 Å². The Morgan fingerprint density at radius 2 is 2.00 bits per heavy atom. The van der Waals surface area contributed by atoms with E-state index in [4.69, 9.17) is 10.8 Å². The molecule has 0 saturated heterocycles. The van der Waals surface area contributed by atoms with Gasteiger partial charge in [-0.15, -0.1) is 0 Å². The van der Waals surface area contributed by atoms with Crippen molar-refractivity contribution in [2.75, 3.05) is 13.7 Å². The molecule has 1 atom stereocenters. The minimum Gasteiger partial charge on any atom is -0.480 e. The Bertz CT molecular complexity index is 207. The van der Waals surface area contributed by atoms with Crippen molar-refractivity contribution in [3.8, 4) is 0 Å². The van der Waals surface area contributed by atoms with Crippen LogP contribution in [-0.2, 0) is 9.53 Å². The van der Waals surface area contributed by atoms with Gasteiger partial charge in [-0.05, 0) is 12.8 Å². The summed E-state index contributed by atoms with van der Waals surface area (Å²) in [7, 11) is 1.31. The lowest BCUT2D eigenvalue weighted by Gasteiger charge is -2.27. The molecule has 0 rings (SSSR count). The summed E-state index contributed by atoms with van der Waals surface area (Å²) >= 11 is 0. The molecule has 0 fully saturated rings. The SMILES string of the molecule is COCCCC(N)(C(=O)O)C(F)(F)F. The third-order valence-electron chi connectivity index (χ3n) is 1.81. The zero-order valence-electron chi connectivity index (χ0n) is 7.60. The van der Waals surface area contributed by atoms with Crippen LogP contribution in [0.1, 0.15) is 12.8 Å². The maximum absolute atomic E-state index is 12.2. The number of nitrogens with two attached hydrogens (primary N) is 1. The molecule has 0 saturated carbocycles. The second kappa shape index (κ2) is 4.61. The number of aliphatic carboxylic acids is 1. The highest BCUT2D eigenvalue weighted by molar-refractivity contribution is 5.79. The van der Waals surface area contributed by atoms with E-state index < -0.39 is 24.1 Å². The Hall–Kier alpha value is -0.820. The highest BCUT2D eigenvalue weighted by Gasteiger charge is 2.57. The van der Waals surface area contributed by atoms with Crippen molar-refractivity contribution >= 4 is 5.97 Å². The summed E-state index contributed by atoms with van der Waals surface area (Å²) < 4.78 is 41.2. The lowest BCUT2D eigenvalue weighted by molar-refractivity contribution is -0.203. The monoisotopic (exact) mass is 215 g/mol. The lowest BCUT2D eigenvalue weighted by Crippen LogP contribution is -2.59. The van der Waals surface area contributed by atoms with E-state index in [2.05, 4.69) is 4.74 Å². The number of rotatable bonds is 5. The fourth-order valence-electron chi connectivity index (χ4n) is 0.865. The van der Waals surface area contributed by atoms with Gasteiger partial charge in [-0.1, -0.05) is 0 Å². The van der Waals surface area contributed by atoms with Crippen LogP contribution in [0.15, 0.2) is 0 Å².